The van der Waals surface area contributed by atoms with Crippen molar-refractivity contribution in [3.8, 4) is 17.4 Å². The Kier molecular flexibility index (Phi) is 3.28. The highest BCUT2D eigenvalue weighted by Gasteiger charge is 2.59. The molecule has 2 aliphatic heterocycles. The van der Waals surface area contributed by atoms with Crippen molar-refractivity contribution < 1.29 is 33.2 Å². The smallest absolute Gasteiger partial charge is 0.418 e. The Labute approximate surface area is 147 Å². The predicted molar refractivity (Wildman–Crippen MR) is 85.1 cm³/mol. The highest BCUT2D eigenvalue weighted by Crippen LogP contribution is 2.64. The fourth-order valence-electron chi connectivity index (χ4n) is 4.22. The van der Waals surface area contributed by atoms with Gasteiger partial charge in [0, 0.05) is 0 Å². The lowest BCUT2D eigenvalue weighted by Gasteiger charge is -2.21. The van der Waals surface area contributed by atoms with Crippen molar-refractivity contribution in [1.82, 2.24) is 4.57 Å². The second-order valence-electron chi connectivity index (χ2n) is 7.33. The minimum absolute atomic E-state index is 0.187. The number of hydrogen-bond donors (Lipinski definition) is 3. The van der Waals surface area contributed by atoms with Gasteiger partial charge in [0.15, 0.2) is 6.10 Å². The maximum absolute atomic E-state index is 12.6. The van der Waals surface area contributed by atoms with Crippen molar-refractivity contribution in [1.29, 1.82) is 0 Å². The molecule has 1 fully saturated rings. The average molecular weight is 369 g/mol. The summed E-state index contributed by atoms with van der Waals surface area (Å²) in [5.41, 5.74) is -0.403. The monoisotopic (exact) mass is 369 g/mol. The van der Waals surface area contributed by atoms with E-state index in [2.05, 4.69) is 0 Å². The summed E-state index contributed by atoms with van der Waals surface area (Å²) in [6.07, 6.45) is -5.95. The van der Waals surface area contributed by atoms with E-state index in [0.29, 0.717) is 29.7 Å². The Hall–Kier alpha value is -2.19. The number of aromatic nitrogens is 1. The number of halogens is 3. The van der Waals surface area contributed by atoms with Gasteiger partial charge in [0.1, 0.15) is 0 Å². The third kappa shape index (κ3) is 2.12. The van der Waals surface area contributed by atoms with Gasteiger partial charge in [-0.15, -0.1) is 0 Å². The molecule has 2 aromatic rings. The first-order valence-corrected chi connectivity index (χ1v) is 8.21. The van der Waals surface area contributed by atoms with E-state index in [4.69, 9.17) is 4.74 Å². The molecule has 1 aromatic carbocycles. The van der Waals surface area contributed by atoms with Crippen molar-refractivity contribution in [2.45, 2.75) is 50.2 Å². The first-order chi connectivity index (χ1) is 12.0. The average Bonchev–Trinajstić information content (AvgIpc) is 3.10. The molecule has 0 spiro atoms. The first kappa shape index (κ1) is 17.2. The summed E-state index contributed by atoms with van der Waals surface area (Å²) in [6, 6.07) is 4.86. The van der Waals surface area contributed by atoms with Crippen LogP contribution < -0.4 is 0 Å². The predicted octanol–water partition coefficient (Wildman–Crippen LogP) is 3.74. The van der Waals surface area contributed by atoms with Gasteiger partial charge in [-0.25, -0.2) is 0 Å². The Morgan fingerprint density at radius 2 is 1.46 bits per heavy atom. The molecule has 3 heterocycles. The Morgan fingerprint density at radius 1 is 1.00 bits per heavy atom. The van der Waals surface area contributed by atoms with Crippen LogP contribution in [0.1, 0.15) is 49.5 Å². The highest BCUT2D eigenvalue weighted by molar-refractivity contribution is 5.60. The van der Waals surface area contributed by atoms with Crippen LogP contribution in [0.3, 0.4) is 0 Å². The molecule has 5 nitrogen and oxygen atoms in total. The highest BCUT2D eigenvalue weighted by atomic mass is 19.4. The summed E-state index contributed by atoms with van der Waals surface area (Å²) in [7, 11) is 0. The molecular formula is C18H18F3NO4. The summed E-state index contributed by atoms with van der Waals surface area (Å²) in [6.45, 7) is 3.69. The number of aliphatic hydroxyl groups is 1. The number of hydrogen-bond acceptors (Lipinski definition) is 4. The molecule has 2 bridgehead atoms. The number of rotatable bonds is 2. The van der Waals surface area contributed by atoms with Gasteiger partial charge in [-0.1, -0.05) is 12.1 Å². The van der Waals surface area contributed by atoms with Gasteiger partial charge in [0.05, 0.1) is 28.0 Å². The molecule has 0 aliphatic carbocycles. The lowest BCUT2D eigenvalue weighted by Crippen LogP contribution is -2.20. The van der Waals surface area contributed by atoms with Gasteiger partial charge in [0.2, 0.25) is 11.8 Å². The van der Waals surface area contributed by atoms with Gasteiger partial charge in [-0.3, -0.25) is 4.57 Å². The largest absolute Gasteiger partial charge is 0.494 e. The van der Waals surface area contributed by atoms with Crippen LogP contribution in [0.2, 0.25) is 0 Å². The van der Waals surface area contributed by atoms with E-state index in [1.807, 2.05) is 13.8 Å². The van der Waals surface area contributed by atoms with Crippen LogP contribution in [0.4, 0.5) is 13.2 Å². The Balaban J connectivity index is 1.80. The van der Waals surface area contributed by atoms with E-state index in [1.54, 1.807) is 0 Å². The van der Waals surface area contributed by atoms with E-state index in [1.165, 1.54) is 16.7 Å². The third-order valence-corrected chi connectivity index (χ3v) is 5.49. The van der Waals surface area contributed by atoms with E-state index in [9.17, 15) is 28.5 Å². The van der Waals surface area contributed by atoms with E-state index < -0.39 is 23.5 Å². The van der Waals surface area contributed by atoms with Gasteiger partial charge in [-0.05, 0) is 44.4 Å². The zero-order valence-corrected chi connectivity index (χ0v) is 14.1. The molecule has 0 amide bonds. The molecule has 3 N–H and O–H groups in total. The molecule has 3 atom stereocenters. The number of aliphatic hydroxyl groups excluding tert-OH is 1. The third-order valence-electron chi connectivity index (χ3n) is 5.49. The maximum atomic E-state index is 12.6. The van der Waals surface area contributed by atoms with Crippen LogP contribution in [-0.2, 0) is 15.9 Å². The number of benzene rings is 1. The van der Waals surface area contributed by atoms with Crippen LogP contribution in [0, 0.1) is 0 Å². The molecule has 1 saturated heterocycles. The van der Waals surface area contributed by atoms with Crippen LogP contribution in [0.25, 0.3) is 5.69 Å². The van der Waals surface area contributed by atoms with Crippen LogP contribution in [0.15, 0.2) is 24.3 Å². The summed E-state index contributed by atoms with van der Waals surface area (Å²) < 4.78 is 45.1. The lowest BCUT2D eigenvalue weighted by atomic mass is 9.80. The number of alkyl halides is 3. The fourth-order valence-corrected chi connectivity index (χ4v) is 4.22. The Bertz CT molecular complexity index is 850. The number of fused-ring (bicyclic) bond motifs is 5. The maximum Gasteiger partial charge on any atom is 0.418 e. The first-order valence-electron chi connectivity index (χ1n) is 8.21. The zero-order valence-electron chi connectivity index (χ0n) is 14.1. The molecule has 0 radical (unpaired) electrons. The number of ether oxygens (including phenoxy) is 1. The second-order valence-corrected chi connectivity index (χ2v) is 7.33. The zero-order chi connectivity index (χ0) is 19.1. The minimum Gasteiger partial charge on any atom is -0.494 e. The SMILES string of the molecule is CC12CCC(C)(O1)c1c2c(O)n(-c2ccc(C(O)C(F)(F)F)cc2)c1O. The normalized spacial score (nSPS) is 28.4. The molecule has 140 valence electrons. The summed E-state index contributed by atoms with van der Waals surface area (Å²) in [4.78, 5) is 0. The van der Waals surface area contributed by atoms with Gasteiger partial charge >= 0.3 is 6.18 Å². The summed E-state index contributed by atoms with van der Waals surface area (Å²) in [5, 5.41) is 30.7. The van der Waals surface area contributed by atoms with Gasteiger partial charge in [-0.2, -0.15) is 13.2 Å². The van der Waals surface area contributed by atoms with Crippen molar-refractivity contribution in [3.05, 3.63) is 41.0 Å². The van der Waals surface area contributed by atoms with Crippen molar-refractivity contribution in [3.63, 3.8) is 0 Å². The quantitative estimate of drug-likeness (QED) is 0.754. The van der Waals surface area contributed by atoms with Crippen molar-refractivity contribution in [2.24, 2.45) is 0 Å². The van der Waals surface area contributed by atoms with E-state index in [-0.39, 0.29) is 17.3 Å². The molecule has 2 aliphatic rings. The fraction of sp³-hybridized carbons (Fsp3) is 0.444. The van der Waals surface area contributed by atoms with Crippen LogP contribution in [0.5, 0.6) is 11.8 Å². The molecule has 0 saturated carbocycles. The van der Waals surface area contributed by atoms with Gasteiger partial charge in [0.25, 0.3) is 0 Å². The molecule has 1 aromatic heterocycles. The molecule has 8 heteroatoms. The minimum atomic E-state index is -4.76. The lowest BCUT2D eigenvalue weighted by molar-refractivity contribution is -0.206. The van der Waals surface area contributed by atoms with E-state index in [0.717, 1.165) is 12.1 Å². The van der Waals surface area contributed by atoms with Crippen LogP contribution in [-0.4, -0.2) is 26.1 Å². The van der Waals surface area contributed by atoms with Crippen molar-refractivity contribution >= 4 is 0 Å². The molecule has 26 heavy (non-hydrogen) atoms. The molecular weight excluding hydrogens is 351 g/mol. The number of nitrogens with zero attached hydrogens (tertiary/aromatic N) is 1. The summed E-state index contributed by atoms with van der Waals surface area (Å²) >= 11 is 0. The van der Waals surface area contributed by atoms with Crippen molar-refractivity contribution in [2.75, 3.05) is 0 Å². The van der Waals surface area contributed by atoms with Gasteiger partial charge < -0.3 is 20.1 Å². The van der Waals surface area contributed by atoms with Crippen LogP contribution >= 0.6 is 0 Å². The summed E-state index contributed by atoms with van der Waals surface area (Å²) in [5.74, 6) is -0.375. The standard InChI is InChI=1S/C18H18F3NO4/c1-16-7-8-17(2,26-16)12-11(16)14(24)22(15(12)25)10-5-3-9(4-6-10)13(23)18(19,20)21/h3-6,13,23-25H,7-8H2,1-2H3. The second kappa shape index (κ2) is 4.95. The topological polar surface area (TPSA) is 74.9 Å². The number of aromatic hydroxyl groups is 2. The molecule has 3 unspecified atom stereocenters. The Morgan fingerprint density at radius 3 is 1.88 bits per heavy atom. The molecule has 4 rings (SSSR count). The van der Waals surface area contributed by atoms with E-state index >= 15 is 0 Å².